The normalized spacial score (nSPS) is 22.8. The van der Waals surface area contributed by atoms with E-state index in [1.54, 1.807) is 0 Å². The van der Waals surface area contributed by atoms with E-state index in [2.05, 4.69) is 30.9 Å². The molecule has 1 fully saturated rings. The Kier molecular flexibility index (Phi) is 9.14. The molecule has 1 aliphatic heterocycles. The van der Waals surface area contributed by atoms with E-state index in [4.69, 9.17) is 0 Å². The molecule has 0 N–H and O–H groups in total. The van der Waals surface area contributed by atoms with Gasteiger partial charge in [-0.05, 0) is 65.8 Å². The van der Waals surface area contributed by atoms with Crippen LogP contribution in [0.2, 0.25) is 0 Å². The molecule has 0 radical (unpaired) electrons. The Hall–Kier alpha value is 0.650. The Bertz CT molecular complexity index is 151. The molecule has 0 aromatic carbocycles. The smallest absolute Gasteiger partial charge is 0.000661 e. The van der Waals surface area contributed by atoms with E-state index in [-0.39, 0.29) is 24.0 Å². The molecule has 0 aromatic rings. The molecular weight excluding hydrogens is 299 g/mol. The van der Waals surface area contributed by atoms with Gasteiger partial charge in [-0.2, -0.15) is 0 Å². The number of unbranched alkanes of at least 4 members (excludes halogenated alkanes) is 1. The first kappa shape index (κ1) is 15.7. The van der Waals surface area contributed by atoms with E-state index in [1.807, 2.05) is 0 Å². The highest BCUT2D eigenvalue weighted by atomic mass is 127. The van der Waals surface area contributed by atoms with E-state index in [1.165, 1.54) is 51.7 Å². The summed E-state index contributed by atoms with van der Waals surface area (Å²) >= 11 is 0. The van der Waals surface area contributed by atoms with Gasteiger partial charge >= 0.3 is 0 Å². The summed E-state index contributed by atoms with van der Waals surface area (Å²) < 4.78 is 0. The third kappa shape index (κ3) is 7.53. The first-order valence-corrected chi connectivity index (χ1v) is 6.02. The van der Waals surface area contributed by atoms with Crippen molar-refractivity contribution in [2.24, 2.45) is 5.92 Å². The SMILES string of the molecule is CN(C)CCCCC1CCCN(C)C1.I. The van der Waals surface area contributed by atoms with Crippen molar-refractivity contribution < 1.29 is 0 Å². The Morgan fingerprint density at radius 3 is 2.60 bits per heavy atom. The Balaban J connectivity index is 0.00000196. The predicted molar refractivity (Wildman–Crippen MR) is 78.0 cm³/mol. The van der Waals surface area contributed by atoms with Crippen molar-refractivity contribution in [3.63, 3.8) is 0 Å². The first-order valence-electron chi connectivity index (χ1n) is 6.02. The molecule has 0 aromatic heterocycles. The van der Waals surface area contributed by atoms with Crippen LogP contribution in [0.1, 0.15) is 32.1 Å². The molecule has 92 valence electrons. The average Bonchev–Trinajstić information content (AvgIpc) is 2.12. The molecule has 1 rings (SSSR count). The van der Waals surface area contributed by atoms with Gasteiger partial charge in [0.05, 0.1) is 0 Å². The molecule has 1 unspecified atom stereocenters. The van der Waals surface area contributed by atoms with Crippen molar-refractivity contribution in [1.82, 2.24) is 9.80 Å². The summed E-state index contributed by atoms with van der Waals surface area (Å²) in [7, 11) is 6.58. The summed E-state index contributed by atoms with van der Waals surface area (Å²) in [5.74, 6) is 0.982. The van der Waals surface area contributed by atoms with Crippen LogP contribution in [0.15, 0.2) is 0 Å². The molecule has 0 aliphatic carbocycles. The van der Waals surface area contributed by atoms with Gasteiger partial charge in [0.15, 0.2) is 0 Å². The Morgan fingerprint density at radius 2 is 2.00 bits per heavy atom. The first-order chi connectivity index (χ1) is 6.68. The number of hydrogen-bond acceptors (Lipinski definition) is 2. The lowest BCUT2D eigenvalue weighted by Crippen LogP contribution is -2.32. The van der Waals surface area contributed by atoms with Gasteiger partial charge in [-0.1, -0.05) is 6.42 Å². The zero-order valence-electron chi connectivity index (χ0n) is 10.5. The lowest BCUT2D eigenvalue weighted by atomic mass is 9.93. The minimum Gasteiger partial charge on any atom is -0.309 e. The number of likely N-dealkylation sites (tertiary alicyclic amines) is 1. The van der Waals surface area contributed by atoms with Gasteiger partial charge in [0.1, 0.15) is 0 Å². The number of hydrogen-bond donors (Lipinski definition) is 0. The van der Waals surface area contributed by atoms with Crippen LogP contribution in [-0.4, -0.2) is 50.6 Å². The fraction of sp³-hybridized carbons (Fsp3) is 1.00. The second-order valence-electron chi connectivity index (χ2n) is 5.07. The van der Waals surface area contributed by atoms with Crippen LogP contribution in [0, 0.1) is 5.92 Å². The minimum absolute atomic E-state index is 0. The van der Waals surface area contributed by atoms with Crippen LogP contribution >= 0.6 is 24.0 Å². The Labute approximate surface area is 112 Å². The molecule has 1 atom stereocenters. The largest absolute Gasteiger partial charge is 0.309 e. The van der Waals surface area contributed by atoms with Gasteiger partial charge < -0.3 is 9.80 Å². The monoisotopic (exact) mass is 326 g/mol. The van der Waals surface area contributed by atoms with E-state index in [0.717, 1.165) is 5.92 Å². The van der Waals surface area contributed by atoms with E-state index >= 15 is 0 Å². The number of piperidine rings is 1. The van der Waals surface area contributed by atoms with E-state index in [9.17, 15) is 0 Å². The third-order valence-corrected chi connectivity index (χ3v) is 3.19. The second kappa shape index (κ2) is 8.76. The third-order valence-electron chi connectivity index (χ3n) is 3.19. The fourth-order valence-corrected chi connectivity index (χ4v) is 2.37. The molecule has 0 bridgehead atoms. The van der Waals surface area contributed by atoms with Crippen LogP contribution in [0.5, 0.6) is 0 Å². The molecule has 0 amide bonds. The molecular formula is C12H27IN2. The van der Waals surface area contributed by atoms with Crippen molar-refractivity contribution >= 4 is 24.0 Å². The topological polar surface area (TPSA) is 6.48 Å². The second-order valence-corrected chi connectivity index (χ2v) is 5.07. The number of nitrogens with zero attached hydrogens (tertiary/aromatic N) is 2. The standard InChI is InChI=1S/C12H26N2.HI/c1-13(2)9-5-4-7-12-8-6-10-14(3)11-12;/h12H,4-11H2,1-3H3;1H. The van der Waals surface area contributed by atoms with Gasteiger partial charge in [0.25, 0.3) is 0 Å². The van der Waals surface area contributed by atoms with Crippen molar-refractivity contribution in [3.05, 3.63) is 0 Å². The molecule has 3 heteroatoms. The van der Waals surface area contributed by atoms with Gasteiger partial charge in [0, 0.05) is 6.54 Å². The molecule has 0 spiro atoms. The predicted octanol–water partition coefficient (Wildman–Crippen LogP) is 2.68. The quantitative estimate of drug-likeness (QED) is 0.566. The lowest BCUT2D eigenvalue weighted by Gasteiger charge is -2.29. The molecule has 1 aliphatic rings. The van der Waals surface area contributed by atoms with E-state index < -0.39 is 0 Å². The van der Waals surface area contributed by atoms with Gasteiger partial charge in [-0.25, -0.2) is 0 Å². The van der Waals surface area contributed by atoms with Crippen molar-refractivity contribution in [1.29, 1.82) is 0 Å². The summed E-state index contributed by atoms with van der Waals surface area (Å²) in [4.78, 5) is 4.77. The average molecular weight is 326 g/mol. The van der Waals surface area contributed by atoms with E-state index in [0.29, 0.717) is 0 Å². The van der Waals surface area contributed by atoms with Crippen molar-refractivity contribution in [3.8, 4) is 0 Å². The number of rotatable bonds is 5. The van der Waals surface area contributed by atoms with Crippen molar-refractivity contribution in [2.45, 2.75) is 32.1 Å². The summed E-state index contributed by atoms with van der Waals surface area (Å²) in [6, 6.07) is 0. The summed E-state index contributed by atoms with van der Waals surface area (Å²) in [5, 5.41) is 0. The van der Waals surface area contributed by atoms with Crippen molar-refractivity contribution in [2.75, 3.05) is 40.8 Å². The zero-order valence-corrected chi connectivity index (χ0v) is 12.9. The van der Waals surface area contributed by atoms with Crippen LogP contribution < -0.4 is 0 Å². The maximum atomic E-state index is 2.49. The zero-order chi connectivity index (χ0) is 10.4. The molecule has 15 heavy (non-hydrogen) atoms. The number of halogens is 1. The van der Waals surface area contributed by atoms with Gasteiger partial charge in [-0.3, -0.25) is 0 Å². The molecule has 1 saturated heterocycles. The minimum atomic E-state index is 0. The lowest BCUT2D eigenvalue weighted by molar-refractivity contribution is 0.198. The molecule has 2 nitrogen and oxygen atoms in total. The highest BCUT2D eigenvalue weighted by Crippen LogP contribution is 2.20. The highest BCUT2D eigenvalue weighted by molar-refractivity contribution is 14.0. The summed E-state index contributed by atoms with van der Waals surface area (Å²) in [5.41, 5.74) is 0. The summed E-state index contributed by atoms with van der Waals surface area (Å²) in [6.45, 7) is 3.90. The van der Waals surface area contributed by atoms with Gasteiger partial charge in [0.2, 0.25) is 0 Å². The molecule has 1 heterocycles. The highest BCUT2D eigenvalue weighted by Gasteiger charge is 2.16. The van der Waals surface area contributed by atoms with Crippen LogP contribution in [0.4, 0.5) is 0 Å². The summed E-state index contributed by atoms with van der Waals surface area (Å²) in [6.07, 6.45) is 7.10. The molecule has 0 saturated carbocycles. The fourth-order valence-electron chi connectivity index (χ4n) is 2.37. The van der Waals surface area contributed by atoms with Crippen LogP contribution in [0.25, 0.3) is 0 Å². The van der Waals surface area contributed by atoms with Crippen LogP contribution in [0.3, 0.4) is 0 Å². The van der Waals surface area contributed by atoms with Crippen LogP contribution in [-0.2, 0) is 0 Å². The maximum absolute atomic E-state index is 2.49. The Morgan fingerprint density at radius 1 is 1.27 bits per heavy atom. The maximum Gasteiger partial charge on any atom is 0.000661 e. The van der Waals surface area contributed by atoms with Gasteiger partial charge in [-0.15, -0.1) is 24.0 Å².